The van der Waals surface area contributed by atoms with Gasteiger partial charge in [0.2, 0.25) is 5.91 Å². The molecule has 248 valence electrons. The molecule has 0 aromatic heterocycles. The molecule has 0 unspecified atom stereocenters. The Balaban J connectivity index is 0.00000484. The third-order valence-electron chi connectivity index (χ3n) is 7.35. The Hall–Kier alpha value is -0.210. The standard InChI is InChI=1S/C23H41NO18.Na.H/c1-7(27)24-12-8(28)2-23(37,42-20(12)13(30)9(29)3-25)6-38-5-11-14(31)15(32)18(35)22(40-11)41-19-10(4-26)39-21(36)17(34)16(19)33;;/h8-22,25-26,28-37H,2-6H2,1H3,(H,24,27);;/q;+1;-1/t8-,9+,10+,11+,12+,13+,14-,15-,16+,17+,18+,19+,20+,21-,22-,23-;;/m0../s1. The molecule has 16 atom stereocenters. The van der Waals surface area contributed by atoms with Gasteiger partial charge in [0, 0.05) is 13.3 Å². The molecule has 3 heterocycles. The van der Waals surface area contributed by atoms with Crippen molar-refractivity contribution < 1.29 is 121 Å². The summed E-state index contributed by atoms with van der Waals surface area (Å²) < 4.78 is 26.8. The van der Waals surface area contributed by atoms with Gasteiger partial charge in [-0.1, -0.05) is 0 Å². The van der Waals surface area contributed by atoms with Crippen LogP contribution in [-0.4, -0.2) is 191 Å². The molecule has 3 rings (SSSR count). The zero-order chi connectivity index (χ0) is 31.5. The predicted molar refractivity (Wildman–Crippen MR) is 131 cm³/mol. The number of rotatable bonds is 11. The second kappa shape index (κ2) is 16.6. The maximum absolute atomic E-state index is 11.6. The zero-order valence-corrected chi connectivity index (χ0v) is 25.5. The molecule has 0 aromatic rings. The second-order valence-electron chi connectivity index (χ2n) is 10.6. The Morgan fingerprint density at radius 3 is 2.21 bits per heavy atom. The van der Waals surface area contributed by atoms with Crippen molar-refractivity contribution >= 4 is 5.91 Å². The molecular formula is C23H42NNaO18. The summed E-state index contributed by atoms with van der Waals surface area (Å²) in [5, 5.41) is 124. The molecule has 1 amide bonds. The number of aliphatic hydroxyl groups excluding tert-OH is 11. The van der Waals surface area contributed by atoms with E-state index in [1.54, 1.807) is 0 Å². The summed E-state index contributed by atoms with van der Waals surface area (Å²) in [5.41, 5.74) is 0. The summed E-state index contributed by atoms with van der Waals surface area (Å²) in [7, 11) is 0. The quantitative estimate of drug-likeness (QED) is 0.0929. The number of aliphatic hydroxyl groups is 12. The van der Waals surface area contributed by atoms with Crippen LogP contribution in [0.2, 0.25) is 0 Å². The van der Waals surface area contributed by atoms with Crippen molar-refractivity contribution in [3.63, 3.8) is 0 Å². The van der Waals surface area contributed by atoms with Gasteiger partial charge in [0.1, 0.15) is 73.8 Å². The van der Waals surface area contributed by atoms with E-state index >= 15 is 0 Å². The van der Waals surface area contributed by atoms with Gasteiger partial charge in [-0.2, -0.15) is 0 Å². The molecule has 19 nitrogen and oxygen atoms in total. The molecule has 0 saturated carbocycles. The van der Waals surface area contributed by atoms with Gasteiger partial charge in [-0.05, 0) is 0 Å². The van der Waals surface area contributed by atoms with Crippen LogP contribution in [0.25, 0.3) is 0 Å². The Morgan fingerprint density at radius 1 is 0.977 bits per heavy atom. The van der Waals surface area contributed by atoms with Crippen molar-refractivity contribution in [1.29, 1.82) is 0 Å². The molecular weight excluding hydrogens is 601 g/mol. The van der Waals surface area contributed by atoms with E-state index in [2.05, 4.69) is 5.32 Å². The molecule has 0 radical (unpaired) electrons. The Morgan fingerprint density at radius 2 is 1.63 bits per heavy atom. The van der Waals surface area contributed by atoms with Crippen molar-refractivity contribution in [3.8, 4) is 0 Å². The third-order valence-corrected chi connectivity index (χ3v) is 7.35. The van der Waals surface area contributed by atoms with Crippen LogP contribution in [0, 0.1) is 0 Å². The molecule has 3 fully saturated rings. The minimum Gasteiger partial charge on any atom is -1.00 e. The van der Waals surface area contributed by atoms with Gasteiger partial charge in [0.15, 0.2) is 18.4 Å². The van der Waals surface area contributed by atoms with Crippen LogP contribution in [0.15, 0.2) is 0 Å². The van der Waals surface area contributed by atoms with Crippen LogP contribution < -0.4 is 34.9 Å². The Bertz CT molecular complexity index is 883. The molecule has 20 heteroatoms. The van der Waals surface area contributed by atoms with E-state index in [-0.39, 0.29) is 31.0 Å². The molecule has 13 N–H and O–H groups in total. The number of hydrogen-bond acceptors (Lipinski definition) is 18. The normalized spacial score (nSPS) is 45.1. The van der Waals surface area contributed by atoms with Crippen molar-refractivity contribution in [2.45, 2.75) is 111 Å². The smallest absolute Gasteiger partial charge is 1.00 e. The topological polar surface area (TPSA) is 318 Å². The second-order valence-corrected chi connectivity index (χ2v) is 10.6. The van der Waals surface area contributed by atoms with Gasteiger partial charge in [0.25, 0.3) is 0 Å². The Kier molecular flexibility index (Phi) is 15.0. The fraction of sp³-hybridized carbons (Fsp3) is 0.957. The molecule has 0 aliphatic carbocycles. The third kappa shape index (κ3) is 9.20. The fourth-order valence-electron chi connectivity index (χ4n) is 5.05. The number of carbonyl (C=O) groups is 1. The van der Waals surface area contributed by atoms with Crippen LogP contribution in [-0.2, 0) is 28.5 Å². The van der Waals surface area contributed by atoms with Crippen molar-refractivity contribution in [3.05, 3.63) is 0 Å². The maximum atomic E-state index is 11.6. The number of carbonyl (C=O) groups excluding carboxylic acids is 1. The number of amides is 1. The van der Waals surface area contributed by atoms with Crippen LogP contribution in [0.4, 0.5) is 0 Å². The van der Waals surface area contributed by atoms with E-state index in [1.807, 2.05) is 0 Å². The first kappa shape index (κ1) is 39.0. The van der Waals surface area contributed by atoms with Crippen LogP contribution in [0.3, 0.4) is 0 Å². The van der Waals surface area contributed by atoms with Crippen LogP contribution in [0.1, 0.15) is 14.8 Å². The summed E-state index contributed by atoms with van der Waals surface area (Å²) in [6.45, 7) is -1.93. The minimum atomic E-state index is -2.34. The maximum Gasteiger partial charge on any atom is 1.00 e. The van der Waals surface area contributed by atoms with E-state index in [0.29, 0.717) is 0 Å². The van der Waals surface area contributed by atoms with Crippen molar-refractivity contribution in [2.75, 3.05) is 26.4 Å². The molecule has 3 aliphatic rings. The fourth-order valence-corrected chi connectivity index (χ4v) is 5.05. The zero-order valence-electron chi connectivity index (χ0n) is 24.5. The molecule has 3 saturated heterocycles. The largest absolute Gasteiger partial charge is 1.00 e. The summed E-state index contributed by atoms with van der Waals surface area (Å²) in [4.78, 5) is 11.6. The van der Waals surface area contributed by atoms with Crippen LogP contribution >= 0.6 is 0 Å². The summed E-state index contributed by atoms with van der Waals surface area (Å²) >= 11 is 0. The summed E-state index contributed by atoms with van der Waals surface area (Å²) in [6, 6.07) is -1.29. The minimum absolute atomic E-state index is 0. The monoisotopic (exact) mass is 643 g/mol. The SMILES string of the molecule is CC(=O)N[C@H]1[C@H]([C@H](O)[C@H](O)CO)O[C@](O)(COC[C@H]2O[C@@H](O[C@H]3[C@H](O)[C@@H](O)[C@@H](O)O[C@@H]3CO)[C@H](O)[C@@H](O)[C@H]2O)C[C@@H]1O.[H-].[Na+]. The van der Waals surface area contributed by atoms with Gasteiger partial charge in [-0.3, -0.25) is 4.79 Å². The van der Waals surface area contributed by atoms with E-state index in [9.17, 15) is 66.1 Å². The van der Waals surface area contributed by atoms with E-state index in [1.165, 1.54) is 0 Å². The first-order valence-corrected chi connectivity index (χ1v) is 13.2. The van der Waals surface area contributed by atoms with Gasteiger partial charge in [0.05, 0.1) is 32.0 Å². The average molecular weight is 644 g/mol. The first-order chi connectivity index (χ1) is 19.6. The van der Waals surface area contributed by atoms with E-state index < -0.39 is 136 Å². The molecule has 43 heavy (non-hydrogen) atoms. The Labute approximate surface area is 268 Å². The molecule has 0 aromatic carbocycles. The van der Waals surface area contributed by atoms with Gasteiger partial charge in [-0.15, -0.1) is 0 Å². The van der Waals surface area contributed by atoms with Crippen LogP contribution in [0.5, 0.6) is 0 Å². The van der Waals surface area contributed by atoms with E-state index in [0.717, 1.165) is 6.92 Å². The number of ether oxygens (including phenoxy) is 5. The van der Waals surface area contributed by atoms with E-state index in [4.69, 9.17) is 23.7 Å². The summed E-state index contributed by atoms with van der Waals surface area (Å²) in [6.07, 6.45) is -24.6. The average Bonchev–Trinajstić information content (AvgIpc) is 2.94. The molecule has 3 aliphatic heterocycles. The predicted octanol–water partition coefficient (Wildman–Crippen LogP) is -11.2. The van der Waals surface area contributed by atoms with Gasteiger partial charge < -0.3 is 91.7 Å². The molecule has 0 bridgehead atoms. The first-order valence-electron chi connectivity index (χ1n) is 13.2. The summed E-state index contributed by atoms with van der Waals surface area (Å²) in [5.74, 6) is -2.96. The van der Waals surface area contributed by atoms with Crippen molar-refractivity contribution in [2.24, 2.45) is 0 Å². The number of hydrogen-bond donors (Lipinski definition) is 13. The van der Waals surface area contributed by atoms with Gasteiger partial charge >= 0.3 is 29.6 Å². The number of nitrogens with one attached hydrogen (secondary N) is 1. The van der Waals surface area contributed by atoms with Gasteiger partial charge in [-0.25, -0.2) is 0 Å². The molecule has 0 spiro atoms. The van der Waals surface area contributed by atoms with Crippen molar-refractivity contribution in [1.82, 2.24) is 5.32 Å².